The number of rotatable bonds is 5. The molecule has 1 amide bonds. The van der Waals surface area contributed by atoms with Crippen LogP contribution in [-0.2, 0) is 4.79 Å². The van der Waals surface area contributed by atoms with Gasteiger partial charge in [0, 0.05) is 12.1 Å². The molecule has 100 valence electrons. The Kier molecular flexibility index (Phi) is 4.16. The molecule has 0 aliphatic carbocycles. The predicted molar refractivity (Wildman–Crippen MR) is 66.5 cm³/mol. The summed E-state index contributed by atoms with van der Waals surface area (Å²) in [5, 5.41) is 11.5. The molecular weight excluding hydrogens is 234 g/mol. The summed E-state index contributed by atoms with van der Waals surface area (Å²) < 4.78 is 5.15. The molecule has 0 bridgehead atoms. The van der Waals surface area contributed by atoms with Crippen molar-refractivity contribution in [1.82, 2.24) is 5.32 Å². The van der Waals surface area contributed by atoms with Crippen LogP contribution in [0.4, 0.5) is 0 Å². The van der Waals surface area contributed by atoms with E-state index in [0.29, 0.717) is 0 Å². The Bertz CT molecular complexity index is 446. The van der Waals surface area contributed by atoms with Gasteiger partial charge in [0.1, 0.15) is 0 Å². The second-order valence-electron chi connectivity index (χ2n) is 5.23. The summed E-state index contributed by atoms with van der Waals surface area (Å²) >= 11 is 0. The molecule has 0 saturated carbocycles. The average molecular weight is 253 g/mol. The van der Waals surface area contributed by atoms with Gasteiger partial charge >= 0.3 is 5.97 Å². The van der Waals surface area contributed by atoms with Crippen LogP contribution >= 0.6 is 0 Å². The fourth-order valence-corrected chi connectivity index (χ4v) is 1.42. The van der Waals surface area contributed by atoms with E-state index in [1.807, 2.05) is 13.8 Å². The summed E-state index contributed by atoms with van der Waals surface area (Å²) in [5.74, 6) is -0.896. The summed E-state index contributed by atoms with van der Waals surface area (Å²) in [6.07, 6.45) is 1.46. The Morgan fingerprint density at radius 1 is 1.44 bits per heavy atom. The van der Waals surface area contributed by atoms with Gasteiger partial charge in [0.2, 0.25) is 0 Å². The zero-order valence-corrected chi connectivity index (χ0v) is 11.1. The van der Waals surface area contributed by atoms with Crippen molar-refractivity contribution >= 4 is 11.9 Å². The average Bonchev–Trinajstić information content (AvgIpc) is 2.74. The number of hydrogen-bond donors (Lipinski definition) is 2. The van der Waals surface area contributed by atoms with E-state index >= 15 is 0 Å². The molecule has 0 saturated heterocycles. The first-order chi connectivity index (χ1) is 8.25. The summed E-state index contributed by atoms with van der Waals surface area (Å²) in [4.78, 5) is 22.8. The van der Waals surface area contributed by atoms with E-state index in [0.717, 1.165) is 5.56 Å². The fourth-order valence-electron chi connectivity index (χ4n) is 1.42. The molecular formula is C13H19NO4. The molecule has 1 aromatic heterocycles. The van der Waals surface area contributed by atoms with Crippen LogP contribution in [0.25, 0.3) is 0 Å². The zero-order chi connectivity index (χ0) is 13.9. The first kappa shape index (κ1) is 14.3. The third kappa shape index (κ3) is 3.12. The van der Waals surface area contributed by atoms with Gasteiger partial charge in [-0.1, -0.05) is 13.8 Å². The highest BCUT2D eigenvalue weighted by atomic mass is 16.4. The molecule has 0 aliphatic rings. The molecule has 2 N–H and O–H groups in total. The highest BCUT2D eigenvalue weighted by Crippen LogP contribution is 2.21. The van der Waals surface area contributed by atoms with E-state index in [-0.39, 0.29) is 24.1 Å². The molecule has 1 aromatic rings. The number of carboxylic acids is 1. The maximum absolute atomic E-state index is 11.9. The molecule has 18 heavy (non-hydrogen) atoms. The summed E-state index contributed by atoms with van der Waals surface area (Å²) in [6.45, 7) is 7.09. The van der Waals surface area contributed by atoms with Gasteiger partial charge in [-0.05, 0) is 25.8 Å². The van der Waals surface area contributed by atoms with Gasteiger partial charge < -0.3 is 14.8 Å². The number of carbonyl (C=O) groups excluding carboxylic acids is 1. The standard InChI is InChI=1S/C13H19NO4/c1-8(2)9-5-6-18-10(9)11(15)14-7-13(3,4)12(16)17/h5-6,8H,7H2,1-4H3,(H,14,15)(H,16,17). The summed E-state index contributed by atoms with van der Waals surface area (Å²) in [5.41, 5.74) is -0.180. The van der Waals surface area contributed by atoms with E-state index in [1.54, 1.807) is 19.9 Å². The van der Waals surface area contributed by atoms with Crippen LogP contribution in [0.5, 0.6) is 0 Å². The minimum atomic E-state index is -1.000. The lowest BCUT2D eigenvalue weighted by Gasteiger charge is -2.19. The van der Waals surface area contributed by atoms with E-state index in [9.17, 15) is 9.59 Å². The van der Waals surface area contributed by atoms with E-state index in [4.69, 9.17) is 9.52 Å². The van der Waals surface area contributed by atoms with Gasteiger partial charge in [-0.3, -0.25) is 9.59 Å². The molecule has 0 radical (unpaired) electrons. The van der Waals surface area contributed by atoms with Crippen molar-refractivity contribution in [1.29, 1.82) is 0 Å². The first-order valence-corrected chi connectivity index (χ1v) is 5.84. The number of aliphatic carboxylic acids is 1. The number of hydrogen-bond acceptors (Lipinski definition) is 3. The molecule has 1 heterocycles. The van der Waals surface area contributed by atoms with Gasteiger partial charge in [0.05, 0.1) is 11.7 Å². The second-order valence-corrected chi connectivity index (χ2v) is 5.23. The number of furan rings is 1. The van der Waals surface area contributed by atoms with Gasteiger partial charge in [0.25, 0.3) is 5.91 Å². The van der Waals surface area contributed by atoms with Crippen molar-refractivity contribution in [2.45, 2.75) is 33.6 Å². The van der Waals surface area contributed by atoms with E-state index in [2.05, 4.69) is 5.32 Å². The van der Waals surface area contributed by atoms with Gasteiger partial charge in [-0.15, -0.1) is 0 Å². The minimum absolute atomic E-state index is 0.0550. The molecule has 0 fully saturated rings. The Morgan fingerprint density at radius 2 is 2.06 bits per heavy atom. The first-order valence-electron chi connectivity index (χ1n) is 5.84. The van der Waals surface area contributed by atoms with Crippen molar-refractivity contribution in [3.05, 3.63) is 23.7 Å². The van der Waals surface area contributed by atoms with Crippen molar-refractivity contribution in [3.8, 4) is 0 Å². The number of carbonyl (C=O) groups is 2. The molecule has 0 aliphatic heterocycles. The number of amides is 1. The van der Waals surface area contributed by atoms with Crippen LogP contribution in [0.15, 0.2) is 16.7 Å². The predicted octanol–water partition coefficient (Wildman–Crippen LogP) is 2.24. The van der Waals surface area contributed by atoms with Crippen molar-refractivity contribution < 1.29 is 19.1 Å². The molecule has 0 spiro atoms. The summed E-state index contributed by atoms with van der Waals surface area (Å²) in [7, 11) is 0. The number of nitrogens with one attached hydrogen (secondary N) is 1. The zero-order valence-electron chi connectivity index (χ0n) is 11.1. The highest BCUT2D eigenvalue weighted by Gasteiger charge is 2.28. The third-order valence-corrected chi connectivity index (χ3v) is 2.79. The van der Waals surface area contributed by atoms with Gasteiger partial charge in [0.15, 0.2) is 5.76 Å². The lowest BCUT2D eigenvalue weighted by Crippen LogP contribution is -2.39. The van der Waals surface area contributed by atoms with Gasteiger partial charge in [-0.25, -0.2) is 0 Å². The topological polar surface area (TPSA) is 79.5 Å². The van der Waals surface area contributed by atoms with Crippen LogP contribution in [0.2, 0.25) is 0 Å². The minimum Gasteiger partial charge on any atom is -0.481 e. The van der Waals surface area contributed by atoms with Crippen molar-refractivity contribution in [3.63, 3.8) is 0 Å². The Hall–Kier alpha value is -1.78. The van der Waals surface area contributed by atoms with Gasteiger partial charge in [-0.2, -0.15) is 0 Å². The second kappa shape index (κ2) is 5.25. The monoisotopic (exact) mass is 253 g/mol. The fraction of sp³-hybridized carbons (Fsp3) is 0.538. The smallest absolute Gasteiger partial charge is 0.310 e. The van der Waals surface area contributed by atoms with Crippen LogP contribution < -0.4 is 5.32 Å². The Morgan fingerprint density at radius 3 is 2.56 bits per heavy atom. The maximum atomic E-state index is 11.9. The molecule has 5 heteroatoms. The lowest BCUT2D eigenvalue weighted by atomic mass is 9.94. The Labute approximate surface area is 106 Å². The molecule has 5 nitrogen and oxygen atoms in total. The van der Waals surface area contributed by atoms with Crippen LogP contribution in [0.1, 0.15) is 49.7 Å². The highest BCUT2D eigenvalue weighted by molar-refractivity contribution is 5.93. The SMILES string of the molecule is CC(C)c1ccoc1C(=O)NCC(C)(C)C(=O)O. The normalized spacial score (nSPS) is 11.6. The van der Waals surface area contributed by atoms with Crippen LogP contribution in [0.3, 0.4) is 0 Å². The Balaban J connectivity index is 2.72. The lowest BCUT2D eigenvalue weighted by molar-refractivity contribution is -0.146. The van der Waals surface area contributed by atoms with Crippen LogP contribution in [0, 0.1) is 5.41 Å². The van der Waals surface area contributed by atoms with E-state index in [1.165, 1.54) is 6.26 Å². The van der Waals surface area contributed by atoms with Crippen LogP contribution in [-0.4, -0.2) is 23.5 Å². The van der Waals surface area contributed by atoms with E-state index < -0.39 is 11.4 Å². The summed E-state index contributed by atoms with van der Waals surface area (Å²) in [6, 6.07) is 1.75. The van der Waals surface area contributed by atoms with Crippen molar-refractivity contribution in [2.75, 3.05) is 6.54 Å². The quantitative estimate of drug-likeness (QED) is 0.843. The third-order valence-electron chi connectivity index (χ3n) is 2.79. The molecule has 0 atom stereocenters. The maximum Gasteiger partial charge on any atom is 0.310 e. The molecule has 1 rings (SSSR count). The number of carboxylic acid groups (broad SMARTS) is 1. The molecule has 0 aromatic carbocycles. The molecule has 0 unspecified atom stereocenters. The largest absolute Gasteiger partial charge is 0.481 e. The van der Waals surface area contributed by atoms with Crippen molar-refractivity contribution in [2.24, 2.45) is 5.41 Å².